The maximum Gasteiger partial charge on any atom is 0.238 e. The number of halogens is 1. The molecule has 0 bridgehead atoms. The Labute approximate surface area is 609 Å². The molecule has 496 valence electrons. The van der Waals surface area contributed by atoms with Crippen LogP contribution in [0, 0.1) is 0 Å². The zero-order chi connectivity index (χ0) is 70.0. The molecule has 0 unspecified atom stereocenters. The average molecular weight is 1370 g/mol. The summed E-state index contributed by atoms with van der Waals surface area (Å²) in [7, 11) is 0. The number of benzene rings is 14. The molecule has 0 amide bonds. The predicted octanol–water partition coefficient (Wildman–Crippen LogP) is 21.6. The van der Waals surface area contributed by atoms with E-state index in [1.54, 1.807) is 0 Å². The zero-order valence-corrected chi connectivity index (χ0v) is 57.1. The Bertz CT molecular complexity index is 6180. The highest BCUT2D eigenvalue weighted by Gasteiger charge is 2.26. The second kappa shape index (κ2) is 27.8. The molecule has 5 heterocycles. The first kappa shape index (κ1) is 63.2. The van der Waals surface area contributed by atoms with Gasteiger partial charge < -0.3 is 0 Å². The van der Waals surface area contributed by atoms with Crippen LogP contribution in [0.3, 0.4) is 0 Å². The first-order chi connectivity index (χ1) is 52.0. The van der Waals surface area contributed by atoms with Crippen molar-refractivity contribution in [3.05, 3.63) is 368 Å². The molecule has 14 aromatic carbocycles. The van der Waals surface area contributed by atoms with Crippen LogP contribution in [0.15, 0.2) is 352 Å². The van der Waals surface area contributed by atoms with E-state index in [2.05, 4.69) is 260 Å². The number of aromatic nitrogens is 13. The van der Waals surface area contributed by atoms with Crippen molar-refractivity contribution < 1.29 is 0 Å². The Morgan fingerprint density at radius 1 is 0.267 bits per heavy atom. The average Bonchev–Trinajstić information content (AvgIpc) is 1.57. The first-order valence-electron chi connectivity index (χ1n) is 34.6. The fourth-order valence-electron chi connectivity index (χ4n) is 14.0. The Morgan fingerprint density at radius 2 is 0.638 bits per heavy atom. The van der Waals surface area contributed by atoms with Gasteiger partial charge >= 0.3 is 0 Å². The highest BCUT2D eigenvalue weighted by Crippen LogP contribution is 2.42. The van der Waals surface area contributed by atoms with Crippen molar-refractivity contribution in [2.75, 3.05) is 0 Å². The molecule has 0 fully saturated rings. The molecule has 1 aliphatic rings. The van der Waals surface area contributed by atoms with E-state index in [0.717, 1.165) is 128 Å². The van der Waals surface area contributed by atoms with Gasteiger partial charge in [-0.05, 0) is 151 Å². The molecule has 0 saturated heterocycles. The lowest BCUT2D eigenvalue weighted by atomic mass is 10.0. The van der Waals surface area contributed by atoms with Gasteiger partial charge in [-0.2, -0.15) is 19.9 Å². The summed E-state index contributed by atoms with van der Waals surface area (Å²) in [4.78, 5) is 29.2. The highest BCUT2D eigenvalue weighted by molar-refractivity contribution is 6.28. The topological polar surface area (TPSA) is 144 Å². The smallest absolute Gasteiger partial charge is 0.238 e. The molecule has 1 aliphatic carbocycles. The van der Waals surface area contributed by atoms with E-state index in [1.165, 1.54) is 22.3 Å². The van der Waals surface area contributed by atoms with E-state index in [1.807, 2.05) is 137 Å². The molecule has 14 heteroatoms. The van der Waals surface area contributed by atoms with Crippen molar-refractivity contribution in [1.82, 2.24) is 64.5 Å². The minimum absolute atomic E-state index is 0.176. The van der Waals surface area contributed by atoms with E-state index >= 15 is 0 Å². The molecule has 0 aliphatic heterocycles. The van der Waals surface area contributed by atoms with Gasteiger partial charge in [0.15, 0.2) is 23.3 Å². The summed E-state index contributed by atoms with van der Waals surface area (Å²) >= 11 is 6.30. The van der Waals surface area contributed by atoms with Gasteiger partial charge in [0, 0.05) is 39.4 Å². The highest BCUT2D eigenvalue weighted by atomic mass is 35.5. The quantitative estimate of drug-likeness (QED) is 0.123. The summed E-state index contributed by atoms with van der Waals surface area (Å²) in [5, 5.41) is 20.3. The SMILES string of the molecule is Clc1nc(-c2cccc(-c3ccccc3)c2)nc(-c2cccc(-c3ccccc3)c2)n1.c1ccc(-c2cccc(-c3nc(-c4cccc(-c5ccccc5)c4)nc(-n4c5ccccc5c5ccc6nnn(-c7ccccc7)c6c54)n3)c2)cc1.c1ccc(-n2nnc3ccc4c(c32)Cc2ccccc2-4)cc1. The van der Waals surface area contributed by atoms with Gasteiger partial charge in [-0.25, -0.2) is 19.3 Å². The van der Waals surface area contributed by atoms with Crippen LogP contribution in [-0.2, 0) is 6.42 Å². The van der Waals surface area contributed by atoms with Crippen molar-refractivity contribution in [1.29, 1.82) is 0 Å². The molecular formula is C91H60ClN13. The summed E-state index contributed by atoms with van der Waals surface area (Å²) in [6, 6.07) is 120. The van der Waals surface area contributed by atoms with Crippen molar-refractivity contribution >= 4 is 55.5 Å². The molecule has 0 N–H and O–H groups in total. The second-order valence-corrected chi connectivity index (χ2v) is 25.8. The van der Waals surface area contributed by atoms with Gasteiger partial charge in [0.05, 0.1) is 27.9 Å². The van der Waals surface area contributed by atoms with Crippen LogP contribution in [-0.4, -0.2) is 64.5 Å². The van der Waals surface area contributed by atoms with Gasteiger partial charge in [-0.1, -0.05) is 289 Å². The van der Waals surface area contributed by atoms with Crippen LogP contribution in [0.5, 0.6) is 0 Å². The standard InChI is InChI=1S/C45H29N7.C27H18ClN3.C19H13N3/c1-4-14-30(15-5-1)32-18-12-20-34(28-32)43-46-44(35-21-13-19-33(29-35)31-16-6-2-7-17-31)48-45(47-43)51-40-25-11-10-24-37(40)38-26-27-39-42(41(38)51)52(50-49-39)36-22-8-3-9-23-36;28-27-30-25(23-15-7-13-21(17-23)19-9-3-1-4-10-19)29-26(31-27)24-16-8-14-22(18-24)20-11-5-2-6-12-20;1-2-7-14(8-3-1)22-19-17-12-13-6-4-5-9-15(13)16(17)10-11-18(19)20-21-22/h1-29H;1-18H;1-11H,12H2. The maximum atomic E-state index is 6.30. The minimum Gasteiger partial charge on any atom is -0.276 e. The van der Waals surface area contributed by atoms with Gasteiger partial charge in [-0.3, -0.25) is 4.57 Å². The Kier molecular flexibility index (Phi) is 16.8. The van der Waals surface area contributed by atoms with E-state index in [4.69, 9.17) is 31.5 Å². The van der Waals surface area contributed by atoms with Crippen molar-refractivity contribution in [3.63, 3.8) is 0 Å². The van der Waals surface area contributed by atoms with Gasteiger partial charge in [0.2, 0.25) is 11.2 Å². The summed E-state index contributed by atoms with van der Waals surface area (Å²) in [5.74, 6) is 2.77. The largest absolute Gasteiger partial charge is 0.276 e. The molecule has 13 nitrogen and oxygen atoms in total. The van der Waals surface area contributed by atoms with E-state index < -0.39 is 0 Å². The number of fused-ring (bicyclic) bond motifs is 10. The third-order valence-corrected chi connectivity index (χ3v) is 19.1. The molecule has 19 aromatic rings. The first-order valence-corrected chi connectivity index (χ1v) is 35.0. The normalized spacial score (nSPS) is 11.4. The van der Waals surface area contributed by atoms with Crippen LogP contribution in [0.2, 0.25) is 5.28 Å². The summed E-state index contributed by atoms with van der Waals surface area (Å²) in [5.41, 5.74) is 25.4. The lowest BCUT2D eigenvalue weighted by Gasteiger charge is -2.13. The minimum atomic E-state index is 0.176. The van der Waals surface area contributed by atoms with Crippen LogP contribution >= 0.6 is 11.6 Å². The van der Waals surface area contributed by atoms with Gasteiger partial charge in [0.1, 0.15) is 16.6 Å². The van der Waals surface area contributed by atoms with Crippen LogP contribution < -0.4 is 0 Å². The molecule has 0 atom stereocenters. The van der Waals surface area contributed by atoms with E-state index in [-0.39, 0.29) is 5.28 Å². The molecule has 0 radical (unpaired) electrons. The Balaban J connectivity index is 0.000000124. The second-order valence-electron chi connectivity index (χ2n) is 25.5. The molecular weight excluding hydrogens is 1310 g/mol. The number of nitrogens with zero attached hydrogens (tertiary/aromatic N) is 13. The number of rotatable bonds is 11. The number of hydrogen-bond acceptors (Lipinski definition) is 10. The fraction of sp³-hybridized carbons (Fsp3) is 0.0110. The molecule has 0 spiro atoms. The van der Waals surface area contributed by atoms with E-state index in [0.29, 0.717) is 29.2 Å². The lowest BCUT2D eigenvalue weighted by molar-refractivity contribution is 0.822. The van der Waals surface area contributed by atoms with Crippen molar-refractivity contribution in [2.45, 2.75) is 6.42 Å². The van der Waals surface area contributed by atoms with E-state index in [9.17, 15) is 0 Å². The molecule has 5 aromatic heterocycles. The van der Waals surface area contributed by atoms with Crippen molar-refractivity contribution in [3.8, 4) is 119 Å². The molecule has 0 saturated carbocycles. The van der Waals surface area contributed by atoms with Crippen molar-refractivity contribution in [2.24, 2.45) is 0 Å². The molecule has 105 heavy (non-hydrogen) atoms. The summed E-state index contributed by atoms with van der Waals surface area (Å²) < 4.78 is 6.01. The maximum absolute atomic E-state index is 6.30. The van der Waals surface area contributed by atoms with Crippen LogP contribution in [0.1, 0.15) is 11.1 Å². The summed E-state index contributed by atoms with van der Waals surface area (Å²) in [6.45, 7) is 0. The zero-order valence-electron chi connectivity index (χ0n) is 56.4. The number of hydrogen-bond donors (Lipinski definition) is 0. The third-order valence-electron chi connectivity index (χ3n) is 19.0. The van der Waals surface area contributed by atoms with Crippen LogP contribution in [0.25, 0.3) is 162 Å². The Morgan fingerprint density at radius 3 is 1.11 bits per heavy atom. The predicted molar refractivity (Wildman–Crippen MR) is 422 cm³/mol. The number of para-hydroxylation sites is 3. The van der Waals surface area contributed by atoms with Gasteiger partial charge in [-0.15, -0.1) is 10.2 Å². The Hall–Kier alpha value is -14.0. The monoisotopic (exact) mass is 1370 g/mol. The summed E-state index contributed by atoms with van der Waals surface area (Å²) in [6.07, 6.45) is 0.947. The van der Waals surface area contributed by atoms with Crippen LogP contribution in [0.4, 0.5) is 0 Å². The lowest BCUT2D eigenvalue weighted by Crippen LogP contribution is -2.07. The van der Waals surface area contributed by atoms with Gasteiger partial charge in [0.25, 0.3) is 0 Å². The fourth-order valence-corrected chi connectivity index (χ4v) is 14.2. The third kappa shape index (κ3) is 12.5. The molecule has 20 rings (SSSR count).